The van der Waals surface area contributed by atoms with Crippen LogP contribution in [0.2, 0.25) is 0 Å². The summed E-state index contributed by atoms with van der Waals surface area (Å²) in [6, 6.07) is 22.9. The Labute approximate surface area is 211 Å². The molecule has 0 aliphatic heterocycles. The van der Waals surface area contributed by atoms with Gasteiger partial charge in [-0.05, 0) is 85.0 Å². The summed E-state index contributed by atoms with van der Waals surface area (Å²) >= 11 is 0. The van der Waals surface area contributed by atoms with Crippen molar-refractivity contribution in [2.45, 2.75) is 27.7 Å². The molecule has 4 aromatic rings. The summed E-state index contributed by atoms with van der Waals surface area (Å²) in [6.45, 7) is 7.60. The van der Waals surface area contributed by atoms with Crippen molar-refractivity contribution < 1.29 is 19.1 Å². The van der Waals surface area contributed by atoms with Gasteiger partial charge in [0, 0.05) is 0 Å². The predicted octanol–water partition coefficient (Wildman–Crippen LogP) is 6.11. The molecule has 2 amide bonds. The molecule has 0 fully saturated rings. The highest BCUT2D eigenvalue weighted by atomic mass is 16.5. The number of carbonyl (C=O) groups is 2. The van der Waals surface area contributed by atoms with Crippen molar-refractivity contribution in [3.05, 3.63) is 95.1 Å². The molecular weight excluding hydrogens is 452 g/mol. The third-order valence-corrected chi connectivity index (χ3v) is 6.26. The lowest BCUT2D eigenvalue weighted by Gasteiger charge is -2.16. The maximum absolute atomic E-state index is 12.8. The molecule has 0 saturated carbocycles. The fraction of sp³-hybridized carbons (Fsp3) is 0.200. The van der Waals surface area contributed by atoms with Gasteiger partial charge in [-0.15, -0.1) is 0 Å². The molecule has 0 aliphatic carbocycles. The first-order valence-corrected chi connectivity index (χ1v) is 11.8. The molecule has 0 aromatic heterocycles. The fourth-order valence-electron chi connectivity index (χ4n) is 3.87. The van der Waals surface area contributed by atoms with Crippen molar-refractivity contribution in [3.63, 3.8) is 0 Å². The summed E-state index contributed by atoms with van der Waals surface area (Å²) in [5.74, 6) is 0.684. The average Bonchev–Trinajstić information content (AvgIpc) is 2.86. The maximum atomic E-state index is 12.8. The van der Waals surface area contributed by atoms with Crippen LogP contribution >= 0.6 is 0 Å². The fourth-order valence-corrected chi connectivity index (χ4v) is 3.87. The molecule has 2 N–H and O–H groups in total. The van der Waals surface area contributed by atoms with Gasteiger partial charge in [-0.2, -0.15) is 0 Å². The molecule has 184 valence electrons. The van der Waals surface area contributed by atoms with E-state index in [1.54, 1.807) is 0 Å². The minimum absolute atomic E-state index is 0.153. The van der Waals surface area contributed by atoms with Crippen molar-refractivity contribution in [1.82, 2.24) is 0 Å². The van der Waals surface area contributed by atoms with Crippen LogP contribution in [0.5, 0.6) is 11.5 Å². The molecule has 4 rings (SSSR count). The van der Waals surface area contributed by atoms with E-state index in [0.29, 0.717) is 22.9 Å². The number of carbonyl (C=O) groups excluding carboxylic acids is 2. The van der Waals surface area contributed by atoms with E-state index in [-0.39, 0.29) is 25.0 Å². The summed E-state index contributed by atoms with van der Waals surface area (Å²) in [4.78, 5) is 25.5. The lowest BCUT2D eigenvalue weighted by atomic mass is 10.1. The number of aryl methyl sites for hydroxylation is 2. The smallest absolute Gasteiger partial charge is 0.262 e. The Balaban J connectivity index is 1.48. The Bertz CT molecular complexity index is 1320. The highest BCUT2D eigenvalue weighted by Gasteiger charge is 2.14. The van der Waals surface area contributed by atoms with Gasteiger partial charge in [0.1, 0.15) is 11.5 Å². The second kappa shape index (κ2) is 11.0. The van der Waals surface area contributed by atoms with Gasteiger partial charge >= 0.3 is 0 Å². The van der Waals surface area contributed by atoms with Gasteiger partial charge in [0.2, 0.25) is 0 Å². The van der Waals surface area contributed by atoms with Crippen LogP contribution in [0.15, 0.2) is 72.8 Å². The molecule has 0 saturated heterocycles. The molecular formula is C30H30N2O4. The summed E-state index contributed by atoms with van der Waals surface area (Å²) < 4.78 is 11.5. The maximum Gasteiger partial charge on any atom is 0.262 e. The molecule has 0 spiro atoms. The van der Waals surface area contributed by atoms with E-state index in [9.17, 15) is 9.59 Å². The van der Waals surface area contributed by atoms with E-state index >= 15 is 0 Å². The number of amides is 2. The largest absolute Gasteiger partial charge is 0.483 e. The molecule has 0 heterocycles. The summed E-state index contributed by atoms with van der Waals surface area (Å²) in [5.41, 5.74) is 5.15. The van der Waals surface area contributed by atoms with Gasteiger partial charge in [-0.25, -0.2) is 0 Å². The predicted molar refractivity (Wildman–Crippen MR) is 144 cm³/mol. The highest BCUT2D eigenvalue weighted by molar-refractivity contribution is 6.04. The first-order valence-electron chi connectivity index (χ1n) is 11.8. The minimum atomic E-state index is -0.326. The quantitative estimate of drug-likeness (QED) is 0.318. The van der Waals surface area contributed by atoms with Crippen LogP contribution in [-0.2, 0) is 9.59 Å². The Hall–Kier alpha value is -4.32. The number of benzene rings is 4. The van der Waals surface area contributed by atoms with Gasteiger partial charge in [0.05, 0.1) is 11.4 Å². The van der Waals surface area contributed by atoms with Crippen LogP contribution in [0.4, 0.5) is 11.4 Å². The van der Waals surface area contributed by atoms with Crippen LogP contribution in [0.1, 0.15) is 22.3 Å². The zero-order valence-corrected chi connectivity index (χ0v) is 21.0. The van der Waals surface area contributed by atoms with E-state index < -0.39 is 0 Å². The molecule has 0 aliphatic rings. The topological polar surface area (TPSA) is 76.7 Å². The van der Waals surface area contributed by atoms with Crippen molar-refractivity contribution in [2.24, 2.45) is 0 Å². The second-order valence-corrected chi connectivity index (χ2v) is 8.81. The van der Waals surface area contributed by atoms with Crippen LogP contribution in [0.25, 0.3) is 10.8 Å². The lowest BCUT2D eigenvalue weighted by molar-refractivity contribution is -0.119. The van der Waals surface area contributed by atoms with Crippen LogP contribution < -0.4 is 20.1 Å². The van der Waals surface area contributed by atoms with Gasteiger partial charge in [-0.3, -0.25) is 9.59 Å². The number of rotatable bonds is 8. The Morgan fingerprint density at radius 3 is 1.44 bits per heavy atom. The Kier molecular flexibility index (Phi) is 7.54. The SMILES string of the molecule is Cc1cccc(OCC(=O)Nc2cc3ccccc3cc2NC(=O)COc2cccc(C)c2C)c1C. The molecule has 0 atom stereocenters. The van der Waals surface area contributed by atoms with E-state index in [1.807, 2.05) is 100 Å². The van der Waals surface area contributed by atoms with Crippen molar-refractivity contribution in [2.75, 3.05) is 23.8 Å². The summed E-state index contributed by atoms with van der Waals surface area (Å²) in [6.07, 6.45) is 0. The number of fused-ring (bicyclic) bond motifs is 1. The van der Waals surface area contributed by atoms with Crippen LogP contribution in [0, 0.1) is 27.7 Å². The number of ether oxygens (including phenoxy) is 2. The van der Waals surface area contributed by atoms with Crippen LogP contribution in [-0.4, -0.2) is 25.0 Å². The summed E-state index contributed by atoms with van der Waals surface area (Å²) in [7, 11) is 0. The minimum Gasteiger partial charge on any atom is -0.483 e. The Morgan fingerprint density at radius 2 is 1.03 bits per heavy atom. The molecule has 36 heavy (non-hydrogen) atoms. The number of nitrogens with one attached hydrogen (secondary N) is 2. The van der Waals surface area contributed by atoms with Crippen molar-refractivity contribution in [3.8, 4) is 11.5 Å². The number of hydrogen-bond acceptors (Lipinski definition) is 4. The number of anilines is 2. The third kappa shape index (κ3) is 5.84. The van der Waals surface area contributed by atoms with E-state index in [1.165, 1.54) is 0 Å². The average molecular weight is 483 g/mol. The molecule has 0 unspecified atom stereocenters. The van der Waals surface area contributed by atoms with Crippen molar-refractivity contribution >= 4 is 34.0 Å². The van der Waals surface area contributed by atoms with E-state index in [4.69, 9.17) is 9.47 Å². The van der Waals surface area contributed by atoms with E-state index in [0.717, 1.165) is 33.0 Å². The first-order chi connectivity index (χ1) is 17.3. The third-order valence-electron chi connectivity index (χ3n) is 6.26. The zero-order chi connectivity index (χ0) is 25.7. The van der Waals surface area contributed by atoms with E-state index in [2.05, 4.69) is 10.6 Å². The molecule has 6 heteroatoms. The molecule has 0 radical (unpaired) electrons. The number of hydrogen-bond donors (Lipinski definition) is 2. The van der Waals surface area contributed by atoms with Crippen molar-refractivity contribution in [1.29, 1.82) is 0 Å². The molecule has 6 nitrogen and oxygen atoms in total. The second-order valence-electron chi connectivity index (χ2n) is 8.81. The first kappa shape index (κ1) is 24.8. The monoisotopic (exact) mass is 482 g/mol. The highest BCUT2D eigenvalue weighted by Crippen LogP contribution is 2.29. The van der Waals surface area contributed by atoms with Gasteiger partial charge < -0.3 is 20.1 Å². The normalized spacial score (nSPS) is 10.7. The van der Waals surface area contributed by atoms with Gasteiger partial charge in [0.15, 0.2) is 13.2 Å². The van der Waals surface area contributed by atoms with Gasteiger partial charge in [-0.1, -0.05) is 48.5 Å². The Morgan fingerprint density at radius 1 is 0.611 bits per heavy atom. The lowest BCUT2D eigenvalue weighted by Crippen LogP contribution is -2.24. The standard InChI is InChI=1S/C30H30N2O4/c1-19-9-7-13-27(21(19)3)35-17-29(33)31-25-15-23-11-5-6-12-24(23)16-26(25)32-30(34)18-36-28-14-8-10-20(2)22(28)4/h5-16H,17-18H2,1-4H3,(H,31,33)(H,32,34). The molecule has 4 aromatic carbocycles. The zero-order valence-electron chi connectivity index (χ0n) is 21.0. The summed E-state index contributed by atoms with van der Waals surface area (Å²) in [5, 5.41) is 7.64. The van der Waals surface area contributed by atoms with Gasteiger partial charge in [0.25, 0.3) is 11.8 Å². The van der Waals surface area contributed by atoms with Crippen LogP contribution in [0.3, 0.4) is 0 Å². The molecule has 0 bridgehead atoms.